The highest BCUT2D eigenvalue weighted by Gasteiger charge is 2.33. The summed E-state index contributed by atoms with van der Waals surface area (Å²) >= 11 is 0. The minimum atomic E-state index is -4.71. The number of carbonyl (C=O) groups excluding carboxylic acids is 2. The van der Waals surface area contributed by atoms with Crippen LogP contribution in [-0.2, 0) is 30.5 Å². The molecule has 0 aliphatic carbocycles. The van der Waals surface area contributed by atoms with E-state index in [2.05, 4.69) is 9.47 Å². The zero-order valence-electron chi connectivity index (χ0n) is 17.6. The molecule has 0 spiro atoms. The van der Waals surface area contributed by atoms with Crippen LogP contribution in [0.2, 0.25) is 0 Å². The smallest absolute Gasteiger partial charge is 0.416 e. The lowest BCUT2D eigenvalue weighted by atomic mass is 9.97. The van der Waals surface area contributed by atoms with Crippen LogP contribution in [0.25, 0.3) is 11.1 Å². The first kappa shape index (κ1) is 25.3. The Kier molecular flexibility index (Phi) is 8.02. The summed E-state index contributed by atoms with van der Waals surface area (Å²) in [7, 11) is -0.597. The topological polar surface area (TPSA) is 90.0 Å². The summed E-state index contributed by atoms with van der Waals surface area (Å²) in [6.07, 6.45) is -4.53. The van der Waals surface area contributed by atoms with Gasteiger partial charge in [-0.2, -0.15) is 13.2 Å². The molecule has 0 aliphatic heterocycles. The number of hydrogen-bond donors (Lipinski definition) is 0. The average molecular weight is 473 g/mol. The maximum atomic E-state index is 13.3. The quantitative estimate of drug-likeness (QED) is 0.543. The van der Waals surface area contributed by atoms with Crippen LogP contribution in [0.5, 0.6) is 0 Å². The molecule has 7 nitrogen and oxygen atoms in total. The third-order valence-electron chi connectivity index (χ3n) is 4.70. The fraction of sp³-hybridized carbons (Fsp3) is 0.333. The van der Waals surface area contributed by atoms with Gasteiger partial charge in [0.2, 0.25) is 10.0 Å². The molecule has 0 bridgehead atoms. The van der Waals surface area contributed by atoms with Crippen molar-refractivity contribution in [1.29, 1.82) is 0 Å². The monoisotopic (exact) mass is 473 g/mol. The molecule has 32 heavy (non-hydrogen) atoms. The first-order valence-electron chi connectivity index (χ1n) is 9.35. The molecule has 0 atom stereocenters. The standard InChI is InChI=1S/C21H22F3NO6S/c1-25(12-6-9-19(26)30-2)32(28,29)18-8-5-4-7-15(18)17-13-14(21(22,23)24)10-11-16(17)20(27)31-3/h4-5,7-8,10-11,13H,6,9,12H2,1-3H3. The molecule has 0 saturated heterocycles. The van der Waals surface area contributed by atoms with Crippen molar-refractivity contribution in [2.24, 2.45) is 0 Å². The summed E-state index contributed by atoms with van der Waals surface area (Å²) in [6.45, 7) is -0.0295. The highest BCUT2D eigenvalue weighted by molar-refractivity contribution is 7.89. The molecule has 0 heterocycles. The zero-order valence-corrected chi connectivity index (χ0v) is 18.4. The Morgan fingerprint density at radius 3 is 2.25 bits per heavy atom. The van der Waals surface area contributed by atoms with Gasteiger partial charge in [-0.1, -0.05) is 18.2 Å². The molecule has 0 aliphatic rings. The van der Waals surface area contributed by atoms with Crippen LogP contribution >= 0.6 is 0 Å². The van der Waals surface area contributed by atoms with Crippen molar-refractivity contribution < 1.29 is 40.7 Å². The second-order valence-electron chi connectivity index (χ2n) is 6.75. The number of nitrogens with zero attached hydrogens (tertiary/aromatic N) is 1. The van der Waals surface area contributed by atoms with Gasteiger partial charge in [0.15, 0.2) is 0 Å². The number of esters is 2. The van der Waals surface area contributed by atoms with Crippen molar-refractivity contribution in [2.45, 2.75) is 23.9 Å². The van der Waals surface area contributed by atoms with Gasteiger partial charge in [-0.15, -0.1) is 0 Å². The van der Waals surface area contributed by atoms with Crippen LogP contribution in [0.3, 0.4) is 0 Å². The summed E-state index contributed by atoms with van der Waals surface area (Å²) in [4.78, 5) is 23.2. The second-order valence-corrected chi connectivity index (χ2v) is 8.77. The molecule has 11 heteroatoms. The number of rotatable bonds is 8. The predicted molar refractivity (Wildman–Crippen MR) is 109 cm³/mol. The van der Waals surface area contributed by atoms with Gasteiger partial charge in [0.05, 0.1) is 30.2 Å². The molecule has 0 N–H and O–H groups in total. The molecular weight excluding hydrogens is 451 g/mol. The molecule has 2 aromatic carbocycles. The van der Waals surface area contributed by atoms with Crippen molar-refractivity contribution in [3.63, 3.8) is 0 Å². The molecule has 2 aromatic rings. The molecule has 0 radical (unpaired) electrons. The molecule has 0 unspecified atom stereocenters. The van der Waals surface area contributed by atoms with E-state index in [1.807, 2.05) is 0 Å². The van der Waals surface area contributed by atoms with Gasteiger partial charge < -0.3 is 9.47 Å². The van der Waals surface area contributed by atoms with E-state index in [1.54, 1.807) is 0 Å². The third-order valence-corrected chi connectivity index (χ3v) is 6.61. The van der Waals surface area contributed by atoms with Gasteiger partial charge in [0.1, 0.15) is 0 Å². The molecule has 0 aromatic heterocycles. The number of carbonyl (C=O) groups is 2. The maximum absolute atomic E-state index is 13.3. The Bertz CT molecular complexity index is 1100. The molecular formula is C21H22F3NO6S. The van der Waals surface area contributed by atoms with Gasteiger partial charge in [-0.05, 0) is 36.2 Å². The summed E-state index contributed by atoms with van der Waals surface area (Å²) in [6, 6.07) is 7.83. The van der Waals surface area contributed by atoms with Gasteiger partial charge in [0.25, 0.3) is 0 Å². The minimum Gasteiger partial charge on any atom is -0.469 e. The Balaban J connectivity index is 2.58. The largest absolute Gasteiger partial charge is 0.469 e. The lowest BCUT2D eigenvalue weighted by Crippen LogP contribution is -2.29. The van der Waals surface area contributed by atoms with Crippen LogP contribution in [-0.4, -0.2) is 52.5 Å². The highest BCUT2D eigenvalue weighted by atomic mass is 32.2. The van der Waals surface area contributed by atoms with E-state index in [1.165, 1.54) is 38.4 Å². The normalized spacial score (nSPS) is 12.0. The Labute approximate surface area is 183 Å². The first-order chi connectivity index (χ1) is 14.9. The van der Waals surface area contributed by atoms with Crippen LogP contribution in [0.15, 0.2) is 47.4 Å². The fourth-order valence-electron chi connectivity index (χ4n) is 2.98. The van der Waals surface area contributed by atoms with E-state index in [0.29, 0.717) is 0 Å². The average Bonchev–Trinajstić information content (AvgIpc) is 2.77. The summed E-state index contributed by atoms with van der Waals surface area (Å²) < 4.78 is 76.5. The number of benzene rings is 2. The van der Waals surface area contributed by atoms with Crippen molar-refractivity contribution in [3.8, 4) is 11.1 Å². The Hall–Kier alpha value is -2.92. The van der Waals surface area contributed by atoms with Crippen molar-refractivity contribution in [2.75, 3.05) is 27.8 Å². The molecule has 0 amide bonds. The van der Waals surface area contributed by atoms with E-state index >= 15 is 0 Å². The lowest BCUT2D eigenvalue weighted by Gasteiger charge is -2.20. The number of sulfonamides is 1. The van der Waals surface area contributed by atoms with Crippen LogP contribution in [0.4, 0.5) is 13.2 Å². The van der Waals surface area contributed by atoms with Gasteiger partial charge in [-0.3, -0.25) is 4.79 Å². The lowest BCUT2D eigenvalue weighted by molar-refractivity contribution is -0.140. The van der Waals surface area contributed by atoms with E-state index in [9.17, 15) is 31.2 Å². The van der Waals surface area contributed by atoms with E-state index in [0.717, 1.165) is 29.6 Å². The number of halogens is 3. The van der Waals surface area contributed by atoms with Crippen LogP contribution < -0.4 is 0 Å². The third kappa shape index (κ3) is 5.65. The summed E-state index contributed by atoms with van der Waals surface area (Å²) in [5.41, 5.74) is -1.57. The maximum Gasteiger partial charge on any atom is 0.416 e. The first-order valence-corrected chi connectivity index (χ1v) is 10.8. The van der Waals surface area contributed by atoms with Crippen LogP contribution in [0.1, 0.15) is 28.8 Å². The Morgan fingerprint density at radius 2 is 1.66 bits per heavy atom. The summed E-state index contributed by atoms with van der Waals surface area (Å²) in [5, 5.41) is 0. The Morgan fingerprint density at radius 1 is 1.00 bits per heavy atom. The van der Waals surface area contributed by atoms with E-state index < -0.39 is 33.7 Å². The molecule has 2 rings (SSSR count). The van der Waals surface area contributed by atoms with Gasteiger partial charge >= 0.3 is 18.1 Å². The van der Waals surface area contributed by atoms with Gasteiger partial charge in [0, 0.05) is 25.6 Å². The predicted octanol–water partition coefficient (Wildman–Crippen LogP) is 3.73. The molecule has 174 valence electrons. The van der Waals surface area contributed by atoms with Crippen LogP contribution in [0, 0.1) is 0 Å². The zero-order chi connectivity index (χ0) is 24.1. The number of hydrogen-bond acceptors (Lipinski definition) is 6. The van der Waals surface area contributed by atoms with E-state index in [-0.39, 0.29) is 41.0 Å². The van der Waals surface area contributed by atoms with Gasteiger partial charge in [-0.25, -0.2) is 17.5 Å². The van der Waals surface area contributed by atoms with Crippen molar-refractivity contribution >= 4 is 22.0 Å². The van der Waals surface area contributed by atoms with Crippen molar-refractivity contribution in [1.82, 2.24) is 4.31 Å². The highest BCUT2D eigenvalue weighted by Crippen LogP contribution is 2.37. The van der Waals surface area contributed by atoms with E-state index in [4.69, 9.17) is 0 Å². The molecule has 0 saturated carbocycles. The fourth-order valence-corrected chi connectivity index (χ4v) is 4.39. The second kappa shape index (κ2) is 10.1. The number of alkyl halides is 3. The minimum absolute atomic E-state index is 0.00186. The number of ether oxygens (including phenoxy) is 2. The number of methoxy groups -OCH3 is 2. The SMILES string of the molecule is COC(=O)CCCN(C)S(=O)(=O)c1ccccc1-c1cc(C(F)(F)F)ccc1C(=O)OC. The molecule has 0 fully saturated rings. The van der Waals surface area contributed by atoms with Crippen molar-refractivity contribution in [3.05, 3.63) is 53.6 Å². The summed E-state index contributed by atoms with van der Waals surface area (Å²) in [5.74, 6) is -1.41.